The van der Waals surface area contributed by atoms with Gasteiger partial charge in [0.25, 0.3) is 0 Å². The first-order chi connectivity index (χ1) is 10.8. The van der Waals surface area contributed by atoms with Crippen LogP contribution >= 0.6 is 0 Å². The van der Waals surface area contributed by atoms with Gasteiger partial charge in [-0.3, -0.25) is 9.59 Å². The Kier molecular flexibility index (Phi) is 4.98. The molecule has 2 rings (SSSR count). The lowest BCUT2D eigenvalue weighted by Gasteiger charge is -2.20. The zero-order valence-electron chi connectivity index (χ0n) is 13.0. The summed E-state index contributed by atoms with van der Waals surface area (Å²) in [5.74, 6) is -3.73. The molecule has 0 aromatic heterocycles. The van der Waals surface area contributed by atoms with E-state index in [2.05, 4.69) is 5.32 Å². The minimum atomic E-state index is -1.13. The van der Waals surface area contributed by atoms with Crippen molar-refractivity contribution in [1.82, 2.24) is 5.32 Å². The number of halogens is 1. The van der Waals surface area contributed by atoms with Crippen molar-refractivity contribution < 1.29 is 23.9 Å². The number of aliphatic carboxylic acids is 1. The van der Waals surface area contributed by atoms with Gasteiger partial charge in [0.2, 0.25) is 11.8 Å². The van der Waals surface area contributed by atoms with Gasteiger partial charge in [-0.25, -0.2) is 9.18 Å². The van der Waals surface area contributed by atoms with Gasteiger partial charge in [0, 0.05) is 12.2 Å². The van der Waals surface area contributed by atoms with E-state index in [4.69, 9.17) is 5.11 Å². The minimum absolute atomic E-state index is 0.291. The van der Waals surface area contributed by atoms with Gasteiger partial charge in [0.1, 0.15) is 17.8 Å². The van der Waals surface area contributed by atoms with Gasteiger partial charge in [-0.1, -0.05) is 13.8 Å². The molecule has 2 atom stereocenters. The van der Waals surface area contributed by atoms with Crippen LogP contribution in [0, 0.1) is 17.7 Å². The molecule has 23 heavy (non-hydrogen) atoms. The Bertz CT molecular complexity index is 615. The lowest BCUT2D eigenvalue weighted by Crippen LogP contribution is -2.48. The molecule has 1 aromatic rings. The summed E-state index contributed by atoms with van der Waals surface area (Å²) < 4.78 is 12.9. The zero-order valence-corrected chi connectivity index (χ0v) is 13.0. The minimum Gasteiger partial charge on any atom is -0.480 e. The van der Waals surface area contributed by atoms with Crippen molar-refractivity contribution in [2.24, 2.45) is 11.8 Å². The predicted molar refractivity (Wildman–Crippen MR) is 81.3 cm³/mol. The van der Waals surface area contributed by atoms with Crippen LogP contribution in [-0.4, -0.2) is 35.5 Å². The Morgan fingerprint density at radius 3 is 2.43 bits per heavy atom. The molecule has 1 fully saturated rings. The van der Waals surface area contributed by atoms with Gasteiger partial charge in [-0.05, 0) is 36.6 Å². The molecule has 0 spiro atoms. The SMILES string of the molecule is CC(C)C(NC(=O)C1CCN(c2ccc(F)cc2)C1=O)C(=O)O. The van der Waals surface area contributed by atoms with Gasteiger partial charge < -0.3 is 15.3 Å². The molecule has 0 saturated carbocycles. The molecule has 1 heterocycles. The monoisotopic (exact) mass is 322 g/mol. The van der Waals surface area contributed by atoms with Crippen LogP contribution in [0.1, 0.15) is 20.3 Å². The van der Waals surface area contributed by atoms with Crippen LogP contribution in [0.25, 0.3) is 0 Å². The van der Waals surface area contributed by atoms with Crippen LogP contribution in [-0.2, 0) is 14.4 Å². The number of carboxylic acids is 1. The number of rotatable bonds is 5. The molecular formula is C16H19FN2O4. The summed E-state index contributed by atoms with van der Waals surface area (Å²) in [6, 6.07) is 4.41. The molecule has 2 amide bonds. The highest BCUT2D eigenvalue weighted by Crippen LogP contribution is 2.25. The second kappa shape index (κ2) is 6.76. The third-order valence-electron chi connectivity index (χ3n) is 3.89. The number of amides is 2. The normalized spacial score (nSPS) is 19.0. The molecule has 0 bridgehead atoms. The highest BCUT2D eigenvalue weighted by atomic mass is 19.1. The zero-order chi connectivity index (χ0) is 17.1. The second-order valence-electron chi connectivity index (χ2n) is 5.88. The van der Waals surface area contributed by atoms with Crippen LogP contribution in [0.2, 0.25) is 0 Å². The maximum absolute atomic E-state index is 12.9. The first-order valence-corrected chi connectivity index (χ1v) is 7.41. The Hall–Kier alpha value is -2.44. The van der Waals surface area contributed by atoms with Crippen molar-refractivity contribution in [3.8, 4) is 0 Å². The topological polar surface area (TPSA) is 86.7 Å². The van der Waals surface area contributed by atoms with Gasteiger partial charge in [-0.2, -0.15) is 0 Å². The molecule has 7 heteroatoms. The number of carbonyl (C=O) groups excluding carboxylic acids is 2. The van der Waals surface area contributed by atoms with E-state index in [-0.39, 0.29) is 5.92 Å². The number of carboxylic acid groups (broad SMARTS) is 1. The summed E-state index contributed by atoms with van der Waals surface area (Å²) in [7, 11) is 0. The van der Waals surface area contributed by atoms with E-state index < -0.39 is 35.6 Å². The van der Waals surface area contributed by atoms with E-state index in [0.29, 0.717) is 18.7 Å². The summed E-state index contributed by atoms with van der Waals surface area (Å²) in [6.45, 7) is 3.70. The van der Waals surface area contributed by atoms with E-state index in [1.165, 1.54) is 29.2 Å². The van der Waals surface area contributed by atoms with E-state index in [1.807, 2.05) is 0 Å². The van der Waals surface area contributed by atoms with E-state index in [9.17, 15) is 18.8 Å². The molecule has 1 aliphatic heterocycles. The van der Waals surface area contributed by atoms with Gasteiger partial charge in [0.05, 0.1) is 0 Å². The van der Waals surface area contributed by atoms with E-state index in [0.717, 1.165) is 0 Å². The first kappa shape index (κ1) is 16.9. The Labute approximate surface area is 133 Å². The standard InChI is InChI=1S/C16H19FN2O4/c1-9(2)13(16(22)23)18-14(20)12-7-8-19(15(12)21)11-5-3-10(17)4-6-11/h3-6,9,12-13H,7-8H2,1-2H3,(H,18,20)(H,22,23). The number of nitrogens with zero attached hydrogens (tertiary/aromatic N) is 1. The third-order valence-corrected chi connectivity index (χ3v) is 3.89. The van der Waals surface area contributed by atoms with Crippen molar-refractivity contribution in [2.75, 3.05) is 11.4 Å². The van der Waals surface area contributed by atoms with Crippen molar-refractivity contribution in [1.29, 1.82) is 0 Å². The molecule has 1 saturated heterocycles. The van der Waals surface area contributed by atoms with Gasteiger partial charge in [0.15, 0.2) is 0 Å². The smallest absolute Gasteiger partial charge is 0.326 e. The average Bonchev–Trinajstić information content (AvgIpc) is 2.86. The number of carbonyl (C=O) groups is 3. The van der Waals surface area contributed by atoms with Crippen molar-refractivity contribution >= 4 is 23.5 Å². The van der Waals surface area contributed by atoms with Crippen LogP contribution in [0.15, 0.2) is 24.3 Å². The van der Waals surface area contributed by atoms with E-state index in [1.54, 1.807) is 13.8 Å². The first-order valence-electron chi connectivity index (χ1n) is 7.41. The Morgan fingerprint density at radius 2 is 1.91 bits per heavy atom. The van der Waals surface area contributed by atoms with Crippen LogP contribution < -0.4 is 10.2 Å². The maximum atomic E-state index is 12.9. The number of anilines is 1. The molecule has 1 aromatic carbocycles. The fraction of sp³-hybridized carbons (Fsp3) is 0.438. The molecule has 0 radical (unpaired) electrons. The van der Waals surface area contributed by atoms with Gasteiger partial charge in [-0.15, -0.1) is 0 Å². The number of hydrogen-bond acceptors (Lipinski definition) is 3. The highest BCUT2D eigenvalue weighted by Gasteiger charge is 2.39. The quantitative estimate of drug-likeness (QED) is 0.802. The molecular weight excluding hydrogens is 303 g/mol. The van der Waals surface area contributed by atoms with Crippen LogP contribution in [0.4, 0.5) is 10.1 Å². The average molecular weight is 322 g/mol. The lowest BCUT2D eigenvalue weighted by molar-refractivity contribution is -0.144. The largest absolute Gasteiger partial charge is 0.480 e. The summed E-state index contributed by atoms with van der Waals surface area (Å²) in [6.07, 6.45) is 0.298. The summed E-state index contributed by atoms with van der Waals surface area (Å²) in [5, 5.41) is 11.5. The fourth-order valence-electron chi connectivity index (χ4n) is 2.57. The van der Waals surface area contributed by atoms with Gasteiger partial charge >= 0.3 is 5.97 Å². The Balaban J connectivity index is 2.07. The van der Waals surface area contributed by atoms with Crippen LogP contribution in [0.5, 0.6) is 0 Å². The third kappa shape index (κ3) is 3.67. The maximum Gasteiger partial charge on any atom is 0.326 e. The molecule has 2 N–H and O–H groups in total. The molecule has 6 nitrogen and oxygen atoms in total. The van der Waals surface area contributed by atoms with E-state index >= 15 is 0 Å². The molecule has 0 aliphatic carbocycles. The lowest BCUT2D eigenvalue weighted by atomic mass is 10.0. The summed E-state index contributed by atoms with van der Waals surface area (Å²) in [5.41, 5.74) is 0.519. The summed E-state index contributed by atoms with van der Waals surface area (Å²) >= 11 is 0. The molecule has 124 valence electrons. The highest BCUT2D eigenvalue weighted by molar-refractivity contribution is 6.10. The number of benzene rings is 1. The predicted octanol–water partition coefficient (Wildman–Crippen LogP) is 1.40. The number of nitrogens with one attached hydrogen (secondary N) is 1. The fourth-order valence-corrected chi connectivity index (χ4v) is 2.57. The van der Waals surface area contributed by atoms with Crippen molar-refractivity contribution in [3.63, 3.8) is 0 Å². The molecule has 2 unspecified atom stereocenters. The second-order valence-corrected chi connectivity index (χ2v) is 5.88. The molecule has 1 aliphatic rings. The van der Waals surface area contributed by atoms with Crippen LogP contribution in [0.3, 0.4) is 0 Å². The van der Waals surface area contributed by atoms with Crippen molar-refractivity contribution in [3.05, 3.63) is 30.1 Å². The summed E-state index contributed by atoms with van der Waals surface area (Å²) in [4.78, 5) is 37.2. The Morgan fingerprint density at radius 1 is 1.30 bits per heavy atom. The number of hydrogen-bond donors (Lipinski definition) is 2. The van der Waals surface area contributed by atoms with Crippen molar-refractivity contribution in [2.45, 2.75) is 26.3 Å².